The van der Waals surface area contributed by atoms with Crippen molar-refractivity contribution in [1.29, 1.82) is 0 Å². The van der Waals surface area contributed by atoms with Gasteiger partial charge in [-0.15, -0.1) is 11.3 Å². The first-order chi connectivity index (χ1) is 13.1. The molecule has 0 saturated carbocycles. The molecule has 0 atom stereocenters. The van der Waals surface area contributed by atoms with Gasteiger partial charge in [0, 0.05) is 24.7 Å². The molecular formula is C21H17FN2O2S. The number of nitrogens with zero attached hydrogens (tertiary/aromatic N) is 1. The summed E-state index contributed by atoms with van der Waals surface area (Å²) in [7, 11) is 0. The molecule has 2 aromatic heterocycles. The van der Waals surface area contributed by atoms with E-state index >= 15 is 0 Å². The van der Waals surface area contributed by atoms with Crippen LogP contribution in [0.5, 0.6) is 0 Å². The number of rotatable bonds is 6. The first kappa shape index (κ1) is 17.5. The zero-order chi connectivity index (χ0) is 18.8. The van der Waals surface area contributed by atoms with Gasteiger partial charge in [-0.05, 0) is 41.5 Å². The minimum Gasteiger partial charge on any atom is -0.477 e. The van der Waals surface area contributed by atoms with Crippen molar-refractivity contribution in [3.8, 4) is 5.00 Å². The number of thiophene rings is 1. The standard InChI is InChI=1S/C21H17FN2O2S/c22-16-7-5-14(6-8-16)11-23-12-15-13-24(18-4-2-1-3-17(15)18)20-10-9-19(27-20)21(25)26/h1-10,13,23H,11-12H2,(H,25,26). The molecule has 4 aromatic rings. The van der Waals surface area contributed by atoms with E-state index in [1.807, 2.05) is 35.0 Å². The average molecular weight is 380 g/mol. The highest BCUT2D eigenvalue weighted by Gasteiger charge is 2.13. The number of fused-ring (bicyclic) bond motifs is 1. The Kier molecular flexibility index (Phi) is 4.75. The number of hydrogen-bond donors (Lipinski definition) is 2. The number of aromatic nitrogens is 1. The summed E-state index contributed by atoms with van der Waals surface area (Å²) in [5, 5.41) is 14.6. The number of nitrogens with one attached hydrogen (secondary N) is 1. The zero-order valence-electron chi connectivity index (χ0n) is 14.4. The van der Waals surface area contributed by atoms with E-state index in [1.165, 1.54) is 23.5 Å². The van der Waals surface area contributed by atoms with Crippen LogP contribution in [0.1, 0.15) is 20.8 Å². The summed E-state index contributed by atoms with van der Waals surface area (Å²) >= 11 is 1.25. The molecule has 0 aliphatic heterocycles. The molecule has 27 heavy (non-hydrogen) atoms. The second-order valence-corrected chi connectivity index (χ2v) is 7.28. The van der Waals surface area contributed by atoms with Gasteiger partial charge >= 0.3 is 5.97 Å². The zero-order valence-corrected chi connectivity index (χ0v) is 15.2. The summed E-state index contributed by atoms with van der Waals surface area (Å²) in [5.74, 6) is -1.15. The minimum atomic E-state index is -0.913. The minimum absolute atomic E-state index is 0.238. The van der Waals surface area contributed by atoms with Crippen LogP contribution in [0.3, 0.4) is 0 Å². The quantitative estimate of drug-likeness (QED) is 0.504. The molecule has 0 unspecified atom stereocenters. The van der Waals surface area contributed by atoms with Crippen LogP contribution in [-0.4, -0.2) is 15.6 Å². The number of carboxylic acids is 1. The van der Waals surface area contributed by atoms with Gasteiger partial charge in [-0.25, -0.2) is 9.18 Å². The van der Waals surface area contributed by atoms with E-state index in [9.17, 15) is 14.3 Å². The Morgan fingerprint density at radius 2 is 1.81 bits per heavy atom. The molecule has 0 spiro atoms. The summed E-state index contributed by atoms with van der Waals surface area (Å²) in [4.78, 5) is 11.5. The van der Waals surface area contributed by atoms with Gasteiger partial charge in [0.1, 0.15) is 15.7 Å². The first-order valence-corrected chi connectivity index (χ1v) is 9.31. The van der Waals surface area contributed by atoms with Crippen molar-refractivity contribution in [3.05, 3.63) is 88.7 Å². The topological polar surface area (TPSA) is 54.3 Å². The second kappa shape index (κ2) is 7.34. The molecule has 2 heterocycles. The van der Waals surface area contributed by atoms with Crippen molar-refractivity contribution < 1.29 is 14.3 Å². The van der Waals surface area contributed by atoms with Gasteiger partial charge in [0.15, 0.2) is 0 Å². The van der Waals surface area contributed by atoms with Crippen LogP contribution in [0.15, 0.2) is 66.9 Å². The van der Waals surface area contributed by atoms with E-state index in [1.54, 1.807) is 18.2 Å². The van der Waals surface area contributed by atoms with Crippen LogP contribution in [0.25, 0.3) is 15.9 Å². The van der Waals surface area contributed by atoms with E-state index < -0.39 is 5.97 Å². The van der Waals surface area contributed by atoms with Crippen molar-refractivity contribution >= 4 is 28.2 Å². The van der Waals surface area contributed by atoms with Crippen LogP contribution in [0.2, 0.25) is 0 Å². The maximum Gasteiger partial charge on any atom is 0.345 e. The van der Waals surface area contributed by atoms with Crippen molar-refractivity contribution in [2.24, 2.45) is 0 Å². The Bertz CT molecular complexity index is 1100. The molecule has 136 valence electrons. The summed E-state index contributed by atoms with van der Waals surface area (Å²) in [6, 6.07) is 18.0. The first-order valence-electron chi connectivity index (χ1n) is 8.49. The van der Waals surface area contributed by atoms with Gasteiger partial charge in [0.2, 0.25) is 0 Å². The fourth-order valence-corrected chi connectivity index (χ4v) is 3.92. The lowest BCUT2D eigenvalue weighted by Crippen LogP contribution is -2.12. The van der Waals surface area contributed by atoms with Crippen molar-refractivity contribution in [2.75, 3.05) is 0 Å². The van der Waals surface area contributed by atoms with Gasteiger partial charge in [-0.2, -0.15) is 0 Å². The average Bonchev–Trinajstić information content (AvgIpc) is 3.29. The number of halogens is 1. The molecule has 6 heteroatoms. The number of carboxylic acid groups (broad SMARTS) is 1. The van der Waals surface area contributed by atoms with Crippen LogP contribution >= 0.6 is 11.3 Å². The Hall–Kier alpha value is -2.96. The van der Waals surface area contributed by atoms with Crippen LogP contribution in [0, 0.1) is 5.82 Å². The fraction of sp³-hybridized carbons (Fsp3) is 0.0952. The third kappa shape index (κ3) is 3.63. The molecule has 2 N–H and O–H groups in total. The summed E-state index contributed by atoms with van der Waals surface area (Å²) in [5.41, 5.74) is 3.18. The molecule has 0 bridgehead atoms. The molecule has 0 aliphatic carbocycles. The summed E-state index contributed by atoms with van der Waals surface area (Å²) in [6.07, 6.45) is 2.04. The van der Waals surface area contributed by atoms with Crippen LogP contribution in [-0.2, 0) is 13.1 Å². The lowest BCUT2D eigenvalue weighted by molar-refractivity contribution is 0.0702. The third-order valence-corrected chi connectivity index (χ3v) is 5.46. The molecule has 0 radical (unpaired) electrons. The lowest BCUT2D eigenvalue weighted by atomic mass is 10.1. The fourth-order valence-electron chi connectivity index (χ4n) is 3.09. The Labute approximate surface area is 159 Å². The Morgan fingerprint density at radius 1 is 1.04 bits per heavy atom. The van der Waals surface area contributed by atoms with Gasteiger partial charge < -0.3 is 15.0 Å². The highest BCUT2D eigenvalue weighted by Crippen LogP contribution is 2.29. The molecule has 0 amide bonds. The number of benzene rings is 2. The smallest absolute Gasteiger partial charge is 0.345 e. The molecule has 4 nitrogen and oxygen atoms in total. The normalized spacial score (nSPS) is 11.1. The van der Waals surface area contributed by atoms with E-state index in [-0.39, 0.29) is 5.82 Å². The van der Waals surface area contributed by atoms with Gasteiger partial charge in [0.05, 0.1) is 5.52 Å². The molecule has 0 saturated heterocycles. The predicted octanol–water partition coefficient (Wildman–Crippen LogP) is 4.82. The number of aromatic carboxylic acids is 1. The van der Waals surface area contributed by atoms with E-state index in [4.69, 9.17) is 0 Å². The molecule has 2 aromatic carbocycles. The number of hydrogen-bond acceptors (Lipinski definition) is 3. The van der Waals surface area contributed by atoms with E-state index in [0.29, 0.717) is 18.0 Å². The maximum absolute atomic E-state index is 13.0. The summed E-state index contributed by atoms with van der Waals surface area (Å²) in [6.45, 7) is 1.30. The van der Waals surface area contributed by atoms with E-state index in [2.05, 4.69) is 11.4 Å². The maximum atomic E-state index is 13.0. The van der Waals surface area contributed by atoms with Gasteiger partial charge in [-0.1, -0.05) is 30.3 Å². The van der Waals surface area contributed by atoms with Crippen LogP contribution < -0.4 is 5.32 Å². The lowest BCUT2D eigenvalue weighted by Gasteiger charge is -2.04. The molecular weight excluding hydrogens is 363 g/mol. The summed E-state index contributed by atoms with van der Waals surface area (Å²) < 4.78 is 15.0. The predicted molar refractivity (Wildman–Crippen MR) is 105 cm³/mol. The van der Waals surface area contributed by atoms with Gasteiger partial charge in [-0.3, -0.25) is 0 Å². The number of para-hydroxylation sites is 1. The monoisotopic (exact) mass is 380 g/mol. The SMILES string of the molecule is O=C(O)c1ccc(-n2cc(CNCc3ccc(F)cc3)c3ccccc32)s1. The highest BCUT2D eigenvalue weighted by molar-refractivity contribution is 7.16. The largest absolute Gasteiger partial charge is 0.477 e. The Balaban J connectivity index is 1.59. The highest BCUT2D eigenvalue weighted by atomic mass is 32.1. The molecule has 0 fully saturated rings. The number of carbonyl (C=O) groups is 1. The second-order valence-electron chi connectivity index (χ2n) is 6.21. The third-order valence-electron chi connectivity index (χ3n) is 4.39. The Morgan fingerprint density at radius 3 is 2.56 bits per heavy atom. The van der Waals surface area contributed by atoms with Crippen molar-refractivity contribution in [2.45, 2.75) is 13.1 Å². The molecule has 4 rings (SSSR count). The van der Waals surface area contributed by atoms with E-state index in [0.717, 1.165) is 27.0 Å². The van der Waals surface area contributed by atoms with Crippen molar-refractivity contribution in [3.63, 3.8) is 0 Å². The van der Waals surface area contributed by atoms with Crippen LogP contribution in [0.4, 0.5) is 4.39 Å². The van der Waals surface area contributed by atoms with Gasteiger partial charge in [0.25, 0.3) is 0 Å². The molecule has 0 aliphatic rings. The van der Waals surface area contributed by atoms with Crippen molar-refractivity contribution in [1.82, 2.24) is 9.88 Å².